The van der Waals surface area contributed by atoms with E-state index in [0.29, 0.717) is 17.7 Å². The van der Waals surface area contributed by atoms with Crippen LogP contribution in [0.15, 0.2) is 0 Å². The minimum Gasteiger partial charge on any atom is -0.481 e. The van der Waals surface area contributed by atoms with Gasteiger partial charge in [-0.3, -0.25) is 4.79 Å². The van der Waals surface area contributed by atoms with E-state index in [1.165, 1.54) is 5.37 Å². The number of hydrogen-bond acceptors (Lipinski definition) is 2. The molecule has 4 heteroatoms. The maximum atomic E-state index is 9.74. The van der Waals surface area contributed by atoms with Crippen molar-refractivity contribution in [3.8, 4) is 0 Å². The van der Waals surface area contributed by atoms with E-state index in [-0.39, 0.29) is 6.42 Å². The summed E-state index contributed by atoms with van der Waals surface area (Å²) in [6, 6.07) is 0. The molecule has 0 heterocycles. The van der Waals surface area contributed by atoms with E-state index in [0.717, 1.165) is 0 Å². The average molecular weight is 134 g/mol. The van der Waals surface area contributed by atoms with Crippen LogP contribution in [0.3, 0.4) is 0 Å². The lowest BCUT2D eigenvalue weighted by molar-refractivity contribution is -0.136. The zero-order valence-electron chi connectivity index (χ0n) is 4.16. The Morgan fingerprint density at radius 1 is 1.75 bits per heavy atom. The molecule has 0 saturated heterocycles. The van der Waals surface area contributed by atoms with Crippen LogP contribution in [-0.4, -0.2) is 20.7 Å². The molecule has 0 aromatic heterocycles. The lowest BCUT2D eigenvalue weighted by Gasteiger charge is -1.81. The van der Waals surface area contributed by atoms with E-state index in [2.05, 4.69) is 0 Å². The van der Waals surface area contributed by atoms with Crippen molar-refractivity contribution >= 4 is 22.6 Å². The standard InChI is InChI=1S/C4H6O3S/c5-4(6)2-1-3-8-7/h3H,1-2H2,(H,5,6). The second-order valence-electron chi connectivity index (χ2n) is 1.20. The summed E-state index contributed by atoms with van der Waals surface area (Å²) in [4.78, 5) is 9.74. The van der Waals surface area contributed by atoms with Gasteiger partial charge in [0.2, 0.25) is 0 Å². The van der Waals surface area contributed by atoms with Crippen LogP contribution in [0.2, 0.25) is 0 Å². The van der Waals surface area contributed by atoms with Crippen molar-refractivity contribution in [3.05, 3.63) is 0 Å². The van der Waals surface area contributed by atoms with Gasteiger partial charge in [0.25, 0.3) is 0 Å². The summed E-state index contributed by atoms with van der Waals surface area (Å²) in [7, 11) is 0. The summed E-state index contributed by atoms with van der Waals surface area (Å²) in [5.74, 6) is -0.865. The third-order valence-electron chi connectivity index (χ3n) is 0.544. The van der Waals surface area contributed by atoms with E-state index in [1.807, 2.05) is 0 Å². The van der Waals surface area contributed by atoms with Gasteiger partial charge in [-0.2, -0.15) is 0 Å². The molecule has 0 saturated carbocycles. The molecule has 1 N–H and O–H groups in total. The quantitative estimate of drug-likeness (QED) is 0.547. The zero-order valence-corrected chi connectivity index (χ0v) is 4.98. The van der Waals surface area contributed by atoms with Crippen molar-refractivity contribution in [1.29, 1.82) is 0 Å². The molecule has 0 aromatic carbocycles. The minimum absolute atomic E-state index is 0.0508. The molecule has 0 rings (SSSR count). The molecule has 0 bridgehead atoms. The number of hydrogen-bond donors (Lipinski definition) is 1. The van der Waals surface area contributed by atoms with Crippen LogP contribution in [0.25, 0.3) is 0 Å². The van der Waals surface area contributed by atoms with Crippen molar-refractivity contribution in [2.45, 2.75) is 12.8 Å². The molecule has 0 aromatic rings. The fourth-order valence-electron chi connectivity index (χ4n) is 0.231. The van der Waals surface area contributed by atoms with Gasteiger partial charge in [-0.05, 0) is 6.42 Å². The highest BCUT2D eigenvalue weighted by molar-refractivity contribution is 7.64. The first-order valence-corrected chi connectivity index (χ1v) is 2.90. The van der Waals surface area contributed by atoms with Gasteiger partial charge in [-0.25, -0.2) is 4.21 Å². The highest BCUT2D eigenvalue weighted by Gasteiger charge is 1.90. The highest BCUT2D eigenvalue weighted by atomic mass is 32.1. The first-order valence-electron chi connectivity index (χ1n) is 2.09. The van der Waals surface area contributed by atoms with Gasteiger partial charge in [0.1, 0.15) is 0 Å². The lowest BCUT2D eigenvalue weighted by Crippen LogP contribution is -1.93. The van der Waals surface area contributed by atoms with Gasteiger partial charge in [-0.15, -0.1) is 0 Å². The molecule has 0 radical (unpaired) electrons. The molecular weight excluding hydrogens is 128 g/mol. The second-order valence-corrected chi connectivity index (χ2v) is 1.72. The van der Waals surface area contributed by atoms with Crippen molar-refractivity contribution in [1.82, 2.24) is 0 Å². The first-order chi connectivity index (χ1) is 3.77. The average Bonchev–Trinajstić information content (AvgIpc) is 1.66. The van der Waals surface area contributed by atoms with E-state index in [4.69, 9.17) is 5.11 Å². The van der Waals surface area contributed by atoms with Crippen LogP contribution in [0.1, 0.15) is 12.8 Å². The number of carboxylic acids is 1. The van der Waals surface area contributed by atoms with Crippen molar-refractivity contribution in [3.63, 3.8) is 0 Å². The molecule has 0 aliphatic carbocycles. The van der Waals surface area contributed by atoms with E-state index in [9.17, 15) is 9.00 Å². The largest absolute Gasteiger partial charge is 0.481 e. The van der Waals surface area contributed by atoms with Gasteiger partial charge in [0.15, 0.2) is 0 Å². The van der Waals surface area contributed by atoms with Crippen molar-refractivity contribution < 1.29 is 14.1 Å². The molecule has 0 aliphatic heterocycles. The Bertz CT molecular complexity index is 123. The molecule has 0 spiro atoms. The summed E-state index contributed by atoms with van der Waals surface area (Å²) in [5.41, 5.74) is 0. The lowest BCUT2D eigenvalue weighted by atomic mass is 10.3. The summed E-state index contributed by atoms with van der Waals surface area (Å²) in [6.07, 6.45) is 0.402. The van der Waals surface area contributed by atoms with Crippen molar-refractivity contribution in [2.24, 2.45) is 0 Å². The van der Waals surface area contributed by atoms with E-state index >= 15 is 0 Å². The van der Waals surface area contributed by atoms with Gasteiger partial charge >= 0.3 is 5.97 Å². The predicted octanol–water partition coefficient (Wildman–Crippen LogP) is -0.134. The third kappa shape index (κ3) is 5.36. The third-order valence-corrected chi connectivity index (χ3v) is 0.916. The molecule has 46 valence electrons. The Morgan fingerprint density at radius 3 is 2.75 bits per heavy atom. The first kappa shape index (κ1) is 7.36. The van der Waals surface area contributed by atoms with Crippen LogP contribution < -0.4 is 0 Å². The van der Waals surface area contributed by atoms with Crippen LogP contribution in [0, 0.1) is 0 Å². The second kappa shape index (κ2) is 4.52. The molecular formula is C4H6O3S. The van der Waals surface area contributed by atoms with Crippen LogP contribution in [-0.2, 0) is 16.1 Å². The maximum absolute atomic E-state index is 9.74. The Kier molecular flexibility index (Phi) is 4.16. The van der Waals surface area contributed by atoms with Gasteiger partial charge in [0, 0.05) is 11.8 Å². The van der Waals surface area contributed by atoms with E-state index in [1.54, 1.807) is 0 Å². The van der Waals surface area contributed by atoms with Crippen LogP contribution in [0.5, 0.6) is 0 Å². The zero-order chi connectivity index (χ0) is 6.41. The SMILES string of the molecule is O=S=CCCC(=O)O. The Morgan fingerprint density at radius 2 is 2.38 bits per heavy atom. The van der Waals surface area contributed by atoms with Gasteiger partial charge < -0.3 is 5.11 Å². The molecule has 8 heavy (non-hydrogen) atoms. The number of carboxylic acid groups (broad SMARTS) is 1. The summed E-state index contributed by atoms with van der Waals surface area (Å²) < 4.78 is 9.58. The normalized spacial score (nSPS) is 8.00. The summed E-state index contributed by atoms with van der Waals surface area (Å²) >= 11 is 0.305. The Labute approximate surface area is 50.4 Å². The molecule has 0 fully saturated rings. The van der Waals surface area contributed by atoms with Crippen molar-refractivity contribution in [2.75, 3.05) is 0 Å². The fraction of sp³-hybridized carbons (Fsp3) is 0.500. The molecule has 0 aliphatic rings. The molecule has 3 nitrogen and oxygen atoms in total. The monoisotopic (exact) mass is 134 g/mol. The Hall–Kier alpha value is -0.640. The summed E-state index contributed by atoms with van der Waals surface area (Å²) in [5, 5.41) is 9.34. The van der Waals surface area contributed by atoms with Crippen LogP contribution >= 0.6 is 0 Å². The van der Waals surface area contributed by atoms with Gasteiger partial charge in [0.05, 0.1) is 11.3 Å². The van der Waals surface area contributed by atoms with E-state index < -0.39 is 5.97 Å². The maximum Gasteiger partial charge on any atom is 0.303 e. The smallest absolute Gasteiger partial charge is 0.303 e. The summed E-state index contributed by atoms with van der Waals surface area (Å²) in [6.45, 7) is 0. The molecule has 0 atom stereocenters. The fourth-order valence-corrected chi connectivity index (χ4v) is 0.445. The predicted molar refractivity (Wildman–Crippen MR) is 31.1 cm³/mol. The topological polar surface area (TPSA) is 54.4 Å². The number of aliphatic carboxylic acids is 1. The number of rotatable bonds is 3. The molecule has 0 unspecified atom stereocenters. The molecule has 0 amide bonds. The van der Waals surface area contributed by atoms with Crippen LogP contribution in [0.4, 0.5) is 0 Å². The number of carbonyl (C=O) groups is 1. The minimum atomic E-state index is -0.865. The Balaban J connectivity index is 3.18. The van der Waals surface area contributed by atoms with Gasteiger partial charge in [-0.1, -0.05) is 0 Å². The highest BCUT2D eigenvalue weighted by Crippen LogP contribution is 1.81.